The quantitative estimate of drug-likeness (QED) is 0.793. The summed E-state index contributed by atoms with van der Waals surface area (Å²) in [6.07, 6.45) is 2.81. The Hall–Kier alpha value is -2.54. The second-order valence-electron chi connectivity index (χ2n) is 6.18. The highest BCUT2D eigenvalue weighted by atomic mass is 16.5. The third-order valence-corrected chi connectivity index (χ3v) is 4.74. The predicted molar refractivity (Wildman–Crippen MR) is 90.0 cm³/mol. The van der Waals surface area contributed by atoms with E-state index in [0.29, 0.717) is 11.5 Å². The molecule has 4 rings (SSSR count). The van der Waals surface area contributed by atoms with Crippen LogP contribution in [-0.2, 0) is 18.8 Å². The third-order valence-electron chi connectivity index (χ3n) is 4.74. The Bertz CT molecular complexity index is 923. The molecule has 0 bridgehead atoms. The second-order valence-corrected chi connectivity index (χ2v) is 6.18. The van der Waals surface area contributed by atoms with Crippen LogP contribution >= 0.6 is 0 Å². The number of ether oxygens (including phenoxy) is 1. The Balaban J connectivity index is 1.56. The summed E-state index contributed by atoms with van der Waals surface area (Å²) < 4.78 is 14.6. The Kier molecular flexibility index (Phi) is 3.65. The Morgan fingerprint density at radius 1 is 1.33 bits per heavy atom. The van der Waals surface area contributed by atoms with Crippen LogP contribution < -0.4 is 11.1 Å². The maximum Gasteiger partial charge on any atom is 0.419 e. The summed E-state index contributed by atoms with van der Waals surface area (Å²) in [5, 5.41) is 7.66. The molecule has 0 saturated carbocycles. The number of nitrogens with zero attached hydrogens (tertiary/aromatic N) is 3. The van der Waals surface area contributed by atoms with E-state index in [-0.39, 0.29) is 11.9 Å². The number of nitrogens with one attached hydrogen (secondary N) is 1. The predicted octanol–water partition coefficient (Wildman–Crippen LogP) is 2.05. The summed E-state index contributed by atoms with van der Waals surface area (Å²) in [5.74, 6) is -0.0118. The van der Waals surface area contributed by atoms with Gasteiger partial charge in [0.25, 0.3) is 0 Å². The lowest BCUT2D eigenvalue weighted by atomic mass is 9.99. The Morgan fingerprint density at radius 3 is 3.00 bits per heavy atom. The van der Waals surface area contributed by atoms with Crippen molar-refractivity contribution in [3.05, 3.63) is 46.7 Å². The molecule has 3 aromatic rings. The first-order valence-electron chi connectivity index (χ1n) is 8.07. The van der Waals surface area contributed by atoms with Crippen LogP contribution in [0.4, 0.5) is 5.69 Å². The average Bonchev–Trinajstić information content (AvgIpc) is 3.26. The van der Waals surface area contributed by atoms with E-state index in [1.54, 1.807) is 13.2 Å². The minimum Gasteiger partial charge on any atom is -0.405 e. The molecule has 1 aromatic carbocycles. The van der Waals surface area contributed by atoms with Crippen LogP contribution in [0.1, 0.15) is 18.2 Å². The molecule has 1 aliphatic rings. The smallest absolute Gasteiger partial charge is 0.405 e. The molecule has 0 aliphatic carbocycles. The molecular formula is C17H20N4O3. The molecule has 0 unspecified atom stereocenters. The van der Waals surface area contributed by atoms with Gasteiger partial charge in [-0.05, 0) is 24.6 Å². The first-order valence-corrected chi connectivity index (χ1v) is 8.07. The molecular weight excluding hydrogens is 308 g/mol. The van der Waals surface area contributed by atoms with Crippen molar-refractivity contribution in [2.75, 3.05) is 18.5 Å². The zero-order chi connectivity index (χ0) is 16.7. The van der Waals surface area contributed by atoms with Crippen LogP contribution in [0.15, 0.2) is 39.7 Å². The molecule has 7 heteroatoms. The molecule has 2 aromatic heterocycles. The molecule has 3 heterocycles. The summed E-state index contributed by atoms with van der Waals surface area (Å²) in [5.41, 5.74) is 3.31. The van der Waals surface area contributed by atoms with Crippen molar-refractivity contribution in [2.24, 2.45) is 20.0 Å². The van der Waals surface area contributed by atoms with Crippen LogP contribution in [0.25, 0.3) is 11.1 Å². The van der Waals surface area contributed by atoms with Gasteiger partial charge in [0.05, 0.1) is 16.9 Å². The summed E-state index contributed by atoms with van der Waals surface area (Å²) >= 11 is 0. The van der Waals surface area contributed by atoms with E-state index in [4.69, 9.17) is 9.15 Å². The second kappa shape index (κ2) is 5.83. The topological polar surface area (TPSA) is 74.2 Å². The highest BCUT2D eigenvalue weighted by Crippen LogP contribution is 2.34. The lowest BCUT2D eigenvalue weighted by Crippen LogP contribution is -2.19. The van der Waals surface area contributed by atoms with E-state index >= 15 is 0 Å². The SMILES string of the molecule is Cn1nccc1[C@@H]1OCC[C@H]1CNc1cccc2c1oc(=O)n2C. The van der Waals surface area contributed by atoms with Crippen molar-refractivity contribution in [2.45, 2.75) is 12.5 Å². The Labute approximate surface area is 138 Å². The fourth-order valence-electron chi connectivity index (χ4n) is 3.36. The Morgan fingerprint density at radius 2 is 2.21 bits per heavy atom. The van der Waals surface area contributed by atoms with Crippen LogP contribution in [-0.4, -0.2) is 27.5 Å². The molecule has 0 spiro atoms. The maximum absolute atomic E-state index is 11.7. The van der Waals surface area contributed by atoms with Gasteiger partial charge in [0.15, 0.2) is 5.58 Å². The van der Waals surface area contributed by atoms with Gasteiger partial charge in [0.1, 0.15) is 6.10 Å². The first kappa shape index (κ1) is 15.0. The first-order chi connectivity index (χ1) is 11.6. The number of benzene rings is 1. The summed E-state index contributed by atoms with van der Waals surface area (Å²) in [7, 11) is 3.64. The summed E-state index contributed by atoms with van der Waals surface area (Å²) in [6, 6.07) is 7.73. The standard InChI is InChI=1S/C17H20N4O3/c1-20-13-5-3-4-12(16(13)24-17(20)22)18-10-11-7-9-23-15(11)14-6-8-19-21(14)2/h3-6,8,11,15,18H,7,9-10H2,1-2H3/t11-,15+/m0/s1. The maximum atomic E-state index is 11.7. The average molecular weight is 328 g/mol. The van der Waals surface area contributed by atoms with E-state index in [1.807, 2.05) is 36.0 Å². The normalized spacial score (nSPS) is 20.8. The van der Waals surface area contributed by atoms with Crippen molar-refractivity contribution < 1.29 is 9.15 Å². The fourth-order valence-corrected chi connectivity index (χ4v) is 3.36. The van der Waals surface area contributed by atoms with Gasteiger partial charge in [-0.15, -0.1) is 0 Å². The molecule has 0 amide bonds. The molecule has 24 heavy (non-hydrogen) atoms. The van der Waals surface area contributed by atoms with Gasteiger partial charge >= 0.3 is 5.76 Å². The van der Waals surface area contributed by atoms with Gasteiger partial charge in [-0.2, -0.15) is 5.10 Å². The zero-order valence-corrected chi connectivity index (χ0v) is 13.7. The van der Waals surface area contributed by atoms with E-state index in [2.05, 4.69) is 10.4 Å². The number of hydrogen-bond donors (Lipinski definition) is 1. The summed E-state index contributed by atoms with van der Waals surface area (Å²) in [4.78, 5) is 11.7. The minimum absolute atomic E-state index is 0.0342. The third kappa shape index (κ3) is 2.41. The zero-order valence-electron chi connectivity index (χ0n) is 13.7. The number of aryl methyl sites for hydroxylation is 2. The van der Waals surface area contributed by atoms with Crippen molar-refractivity contribution >= 4 is 16.8 Å². The number of fused-ring (bicyclic) bond motifs is 1. The number of rotatable bonds is 4. The molecule has 2 atom stereocenters. The number of aromatic nitrogens is 3. The van der Waals surface area contributed by atoms with E-state index in [9.17, 15) is 4.79 Å². The van der Waals surface area contributed by atoms with E-state index < -0.39 is 0 Å². The molecule has 1 aliphatic heterocycles. The molecule has 1 N–H and O–H groups in total. The number of oxazole rings is 1. The van der Waals surface area contributed by atoms with Crippen molar-refractivity contribution in [3.63, 3.8) is 0 Å². The van der Waals surface area contributed by atoms with Crippen molar-refractivity contribution in [1.82, 2.24) is 14.3 Å². The van der Waals surface area contributed by atoms with Crippen LogP contribution in [0.5, 0.6) is 0 Å². The van der Waals surface area contributed by atoms with Crippen molar-refractivity contribution in [1.29, 1.82) is 0 Å². The number of para-hydroxylation sites is 1. The summed E-state index contributed by atoms with van der Waals surface area (Å²) in [6.45, 7) is 1.49. The lowest BCUT2D eigenvalue weighted by molar-refractivity contribution is 0.0866. The van der Waals surface area contributed by atoms with E-state index in [0.717, 1.165) is 36.5 Å². The largest absolute Gasteiger partial charge is 0.419 e. The number of hydrogen-bond acceptors (Lipinski definition) is 5. The highest BCUT2D eigenvalue weighted by Gasteiger charge is 2.31. The lowest BCUT2D eigenvalue weighted by Gasteiger charge is -2.19. The van der Waals surface area contributed by atoms with Crippen LogP contribution in [0, 0.1) is 5.92 Å². The monoisotopic (exact) mass is 328 g/mol. The van der Waals surface area contributed by atoms with Gasteiger partial charge in [-0.1, -0.05) is 6.07 Å². The van der Waals surface area contributed by atoms with Crippen molar-refractivity contribution in [3.8, 4) is 0 Å². The number of anilines is 1. The molecule has 7 nitrogen and oxygen atoms in total. The molecule has 1 saturated heterocycles. The minimum atomic E-state index is -0.351. The van der Waals surface area contributed by atoms with E-state index in [1.165, 1.54) is 4.57 Å². The fraction of sp³-hybridized carbons (Fsp3) is 0.412. The molecule has 126 valence electrons. The van der Waals surface area contributed by atoms with Gasteiger partial charge in [0.2, 0.25) is 0 Å². The molecule has 1 fully saturated rings. The van der Waals surface area contributed by atoms with Gasteiger partial charge in [0, 0.05) is 39.4 Å². The highest BCUT2D eigenvalue weighted by molar-refractivity contribution is 5.86. The van der Waals surface area contributed by atoms with Crippen LogP contribution in [0.2, 0.25) is 0 Å². The van der Waals surface area contributed by atoms with Gasteiger partial charge in [-0.3, -0.25) is 9.25 Å². The van der Waals surface area contributed by atoms with Gasteiger partial charge in [-0.25, -0.2) is 4.79 Å². The van der Waals surface area contributed by atoms with Crippen LogP contribution in [0.3, 0.4) is 0 Å². The van der Waals surface area contributed by atoms with Gasteiger partial charge < -0.3 is 14.5 Å². The molecule has 0 radical (unpaired) electrons.